The Labute approximate surface area is 75.6 Å². The molecule has 0 aliphatic rings. The molecule has 0 aliphatic heterocycles. The Balaban J connectivity index is 3.50. The Hall–Kier alpha value is -1.89. The maximum absolute atomic E-state index is 10.6. The van der Waals surface area contributed by atoms with Gasteiger partial charge < -0.3 is 0 Å². The largest absolute Gasteiger partial charge is 0.289 e. The molecule has 0 amide bonds. The Kier molecular flexibility index (Phi) is 2.29. The van der Waals surface area contributed by atoms with Gasteiger partial charge in [-0.15, -0.1) is 0 Å². The van der Waals surface area contributed by atoms with Crippen LogP contribution in [0.2, 0.25) is 0 Å². The lowest BCUT2D eigenvalue weighted by Gasteiger charge is -2.00. The van der Waals surface area contributed by atoms with E-state index in [1.807, 2.05) is 6.07 Å². The summed E-state index contributed by atoms with van der Waals surface area (Å²) < 4.78 is 0. The molecule has 1 aromatic carbocycles. The van der Waals surface area contributed by atoms with Crippen molar-refractivity contribution < 1.29 is 4.92 Å². The summed E-state index contributed by atoms with van der Waals surface area (Å²) in [6, 6.07) is 5.03. The highest BCUT2D eigenvalue weighted by Crippen LogP contribution is 2.23. The van der Waals surface area contributed by atoms with Gasteiger partial charge in [-0.3, -0.25) is 10.1 Å². The molecule has 0 saturated heterocycles. The molecule has 0 fully saturated rings. The molecule has 0 radical (unpaired) electrons. The number of nitrogens with zero attached hydrogens (tertiary/aromatic N) is 2. The average molecular weight is 176 g/mol. The third-order valence-corrected chi connectivity index (χ3v) is 1.75. The molecule has 66 valence electrons. The lowest BCUT2D eigenvalue weighted by Crippen LogP contribution is -1.96. The zero-order valence-electron chi connectivity index (χ0n) is 7.37. The second kappa shape index (κ2) is 3.23. The zero-order valence-corrected chi connectivity index (χ0v) is 7.37. The summed E-state index contributed by atoms with van der Waals surface area (Å²) in [7, 11) is 0. The van der Waals surface area contributed by atoms with Crippen molar-refractivity contribution in [3.8, 4) is 6.07 Å². The molecule has 4 nitrogen and oxygen atoms in total. The number of hydrogen-bond donors (Lipinski definition) is 0. The minimum absolute atomic E-state index is 0.0897. The van der Waals surface area contributed by atoms with E-state index in [4.69, 9.17) is 5.26 Å². The molecule has 13 heavy (non-hydrogen) atoms. The number of nitro groups is 1. The van der Waals surface area contributed by atoms with E-state index in [1.165, 1.54) is 6.07 Å². The highest BCUT2D eigenvalue weighted by atomic mass is 16.6. The van der Waals surface area contributed by atoms with Crippen LogP contribution in [0.4, 0.5) is 5.69 Å². The minimum atomic E-state index is -0.521. The topological polar surface area (TPSA) is 66.9 Å². The molecule has 1 aromatic rings. The second-order valence-electron chi connectivity index (χ2n) is 2.85. The minimum Gasteiger partial charge on any atom is -0.258 e. The lowest BCUT2D eigenvalue weighted by molar-refractivity contribution is -0.385. The highest BCUT2D eigenvalue weighted by Gasteiger charge is 2.16. The average Bonchev–Trinajstić information content (AvgIpc) is 2.01. The molecule has 0 aliphatic carbocycles. The van der Waals surface area contributed by atoms with Crippen molar-refractivity contribution in [3.05, 3.63) is 38.9 Å². The molecule has 0 N–H and O–H groups in total. The predicted octanol–water partition coefficient (Wildman–Crippen LogP) is 2.08. The van der Waals surface area contributed by atoms with Gasteiger partial charge in [0.05, 0.1) is 4.92 Å². The number of nitro benzene ring substituents is 1. The Bertz CT molecular complexity index is 405. The molecule has 4 heteroatoms. The molecule has 0 heterocycles. The van der Waals surface area contributed by atoms with Crippen LogP contribution in [-0.4, -0.2) is 4.92 Å². The Morgan fingerprint density at radius 1 is 1.46 bits per heavy atom. The summed E-state index contributed by atoms with van der Waals surface area (Å²) in [5.74, 6) is 0. The molecular weight excluding hydrogens is 168 g/mol. The van der Waals surface area contributed by atoms with Crippen molar-refractivity contribution in [2.45, 2.75) is 13.8 Å². The van der Waals surface area contributed by atoms with Crippen molar-refractivity contribution >= 4 is 5.69 Å². The summed E-state index contributed by atoms with van der Waals surface area (Å²) in [6.07, 6.45) is 0. The first-order valence-corrected chi connectivity index (χ1v) is 3.72. The van der Waals surface area contributed by atoms with Gasteiger partial charge in [-0.2, -0.15) is 5.26 Å². The number of aryl methyl sites for hydroxylation is 2. The van der Waals surface area contributed by atoms with Gasteiger partial charge in [-0.1, -0.05) is 0 Å². The third kappa shape index (κ3) is 1.64. The van der Waals surface area contributed by atoms with Crippen LogP contribution < -0.4 is 0 Å². The second-order valence-corrected chi connectivity index (χ2v) is 2.85. The Morgan fingerprint density at radius 3 is 2.54 bits per heavy atom. The molecule has 1 rings (SSSR count). The van der Waals surface area contributed by atoms with Crippen molar-refractivity contribution in [1.29, 1.82) is 5.26 Å². The van der Waals surface area contributed by atoms with E-state index in [-0.39, 0.29) is 11.3 Å². The predicted molar refractivity (Wildman–Crippen MR) is 47.3 cm³/mol. The zero-order chi connectivity index (χ0) is 10.0. The van der Waals surface area contributed by atoms with Gasteiger partial charge in [0.1, 0.15) is 11.6 Å². The first-order valence-electron chi connectivity index (χ1n) is 3.72. The van der Waals surface area contributed by atoms with Gasteiger partial charge in [0.15, 0.2) is 0 Å². The summed E-state index contributed by atoms with van der Waals surface area (Å²) in [6.45, 7) is 3.43. The molecule has 0 saturated carbocycles. The van der Waals surface area contributed by atoms with Gasteiger partial charge in [-0.05, 0) is 31.5 Å². The van der Waals surface area contributed by atoms with Gasteiger partial charge in [-0.25, -0.2) is 0 Å². The number of hydrogen-bond acceptors (Lipinski definition) is 3. The fourth-order valence-corrected chi connectivity index (χ4v) is 1.29. The van der Waals surface area contributed by atoms with Gasteiger partial charge >= 0.3 is 0 Å². The fraction of sp³-hybridized carbons (Fsp3) is 0.222. The van der Waals surface area contributed by atoms with Crippen molar-refractivity contribution in [3.63, 3.8) is 0 Å². The molecule has 0 aromatic heterocycles. The van der Waals surface area contributed by atoms with Crippen LogP contribution in [-0.2, 0) is 0 Å². The molecule has 0 atom stereocenters. The van der Waals surface area contributed by atoms with Gasteiger partial charge in [0.2, 0.25) is 0 Å². The number of rotatable bonds is 1. The fourth-order valence-electron chi connectivity index (χ4n) is 1.29. The van der Waals surface area contributed by atoms with Crippen LogP contribution in [0.25, 0.3) is 0 Å². The monoisotopic (exact) mass is 176 g/mol. The number of benzene rings is 1. The van der Waals surface area contributed by atoms with E-state index in [0.717, 1.165) is 5.56 Å². The van der Waals surface area contributed by atoms with E-state index in [0.29, 0.717) is 5.56 Å². The number of nitriles is 1. The van der Waals surface area contributed by atoms with E-state index in [1.54, 1.807) is 19.9 Å². The van der Waals surface area contributed by atoms with Crippen LogP contribution in [0.15, 0.2) is 12.1 Å². The lowest BCUT2D eigenvalue weighted by atomic mass is 10.1. The van der Waals surface area contributed by atoms with Crippen LogP contribution in [0.3, 0.4) is 0 Å². The molecule has 0 unspecified atom stereocenters. The van der Waals surface area contributed by atoms with Crippen LogP contribution in [0.1, 0.15) is 16.7 Å². The molecule has 0 spiro atoms. The smallest absolute Gasteiger partial charge is 0.258 e. The summed E-state index contributed by atoms with van der Waals surface area (Å²) >= 11 is 0. The normalized spacial score (nSPS) is 9.31. The van der Waals surface area contributed by atoms with Crippen LogP contribution in [0, 0.1) is 35.3 Å². The highest BCUT2D eigenvalue weighted by molar-refractivity contribution is 5.55. The van der Waals surface area contributed by atoms with E-state index in [9.17, 15) is 10.1 Å². The van der Waals surface area contributed by atoms with Crippen molar-refractivity contribution in [1.82, 2.24) is 0 Å². The molecular formula is C9H8N2O2. The van der Waals surface area contributed by atoms with Crippen molar-refractivity contribution in [2.75, 3.05) is 0 Å². The van der Waals surface area contributed by atoms with Crippen LogP contribution >= 0.6 is 0 Å². The Morgan fingerprint density at radius 2 is 2.08 bits per heavy atom. The van der Waals surface area contributed by atoms with E-state index < -0.39 is 4.92 Å². The first kappa shape index (κ1) is 9.20. The third-order valence-electron chi connectivity index (χ3n) is 1.75. The van der Waals surface area contributed by atoms with E-state index in [2.05, 4.69) is 0 Å². The van der Waals surface area contributed by atoms with Crippen molar-refractivity contribution in [2.24, 2.45) is 0 Å². The maximum atomic E-state index is 10.6. The first-order chi connectivity index (χ1) is 6.06. The van der Waals surface area contributed by atoms with E-state index >= 15 is 0 Å². The quantitative estimate of drug-likeness (QED) is 0.486. The van der Waals surface area contributed by atoms with Gasteiger partial charge in [0.25, 0.3) is 5.69 Å². The van der Waals surface area contributed by atoms with Gasteiger partial charge in [0, 0.05) is 5.56 Å². The molecule has 0 bridgehead atoms. The maximum Gasteiger partial charge on any atom is 0.289 e. The van der Waals surface area contributed by atoms with Crippen LogP contribution in [0.5, 0.6) is 0 Å². The summed E-state index contributed by atoms with van der Waals surface area (Å²) in [5.41, 5.74) is 1.43. The summed E-state index contributed by atoms with van der Waals surface area (Å²) in [5, 5.41) is 19.2. The SMILES string of the molecule is Cc1cc(C)c([N+](=O)[O-])c(C#N)c1. The summed E-state index contributed by atoms with van der Waals surface area (Å²) in [4.78, 5) is 10.0. The standard InChI is InChI=1S/C9H8N2O2/c1-6-3-7(2)9(11(12)13)8(4-6)5-10/h3-4H,1-2H3.